The van der Waals surface area contributed by atoms with Gasteiger partial charge >= 0.3 is 0 Å². The van der Waals surface area contributed by atoms with Gasteiger partial charge in [0.1, 0.15) is 23.0 Å². The first-order valence-corrected chi connectivity index (χ1v) is 11.2. The van der Waals surface area contributed by atoms with Crippen LogP contribution in [0, 0.1) is 35.8 Å². The molecule has 174 valence electrons. The summed E-state index contributed by atoms with van der Waals surface area (Å²) in [4.78, 5) is 21.5. The molecular weight excluding hydrogens is 436 g/mol. The van der Waals surface area contributed by atoms with Crippen LogP contribution >= 0.6 is 0 Å². The molecule has 5 nitrogen and oxygen atoms in total. The summed E-state index contributed by atoms with van der Waals surface area (Å²) in [5.41, 5.74) is 1.96. The lowest BCUT2D eigenvalue weighted by Gasteiger charge is -2.33. The summed E-state index contributed by atoms with van der Waals surface area (Å²) in [7, 11) is 0. The quantitative estimate of drug-likeness (QED) is 0.642. The van der Waals surface area contributed by atoms with Crippen molar-refractivity contribution in [1.29, 1.82) is 0 Å². The molecule has 1 fully saturated rings. The van der Waals surface area contributed by atoms with Gasteiger partial charge in [0.05, 0.1) is 12.6 Å². The van der Waals surface area contributed by atoms with Crippen LogP contribution in [0.5, 0.6) is 0 Å². The van der Waals surface area contributed by atoms with Crippen LogP contribution in [0.4, 0.5) is 8.78 Å². The van der Waals surface area contributed by atoms with Crippen molar-refractivity contribution >= 4 is 18.2 Å². The first kappa shape index (κ1) is 23.5. The second-order valence-electron chi connectivity index (χ2n) is 8.51. The summed E-state index contributed by atoms with van der Waals surface area (Å²) in [6.45, 7) is 3.94. The van der Waals surface area contributed by atoms with Crippen molar-refractivity contribution in [2.45, 2.75) is 31.8 Å². The average molecular weight is 462 g/mol. The van der Waals surface area contributed by atoms with Gasteiger partial charge in [-0.3, -0.25) is 9.79 Å². The lowest BCUT2D eigenvalue weighted by molar-refractivity contribution is 0.0811. The monoisotopic (exact) mass is 461 g/mol. The molecule has 7 heteroatoms. The number of aliphatic imine (C=N–C) groups is 1. The Hall–Kier alpha value is -3.63. The minimum absolute atomic E-state index is 0.0400. The van der Waals surface area contributed by atoms with E-state index in [1.54, 1.807) is 0 Å². The standard InChI is InChI=1S/C27H25F2N3O2/c1-3-16-5-7-21(28)20(13-16)26-22(29)8-9-23(31-26)27(34)32-24-15-30-12-11-19(24)18-6-10-25(33)17(4-2)14-18/h2-3,5,7-9,12-13,17-18,25,33H,1,6,10-11,14-15H2,(H,32,34). The number of nitrogens with one attached hydrogen (secondary N) is 1. The Kier molecular flexibility index (Phi) is 6.99. The van der Waals surface area contributed by atoms with E-state index in [1.165, 1.54) is 30.3 Å². The van der Waals surface area contributed by atoms with Gasteiger partial charge in [0.25, 0.3) is 5.91 Å². The number of benzene rings is 1. The van der Waals surface area contributed by atoms with Crippen LogP contribution in [0.2, 0.25) is 0 Å². The molecule has 1 aliphatic heterocycles. The van der Waals surface area contributed by atoms with E-state index < -0.39 is 23.6 Å². The number of hydrogen-bond acceptors (Lipinski definition) is 4. The number of amides is 1. The number of aliphatic hydroxyl groups is 1. The number of terminal acetylenes is 1. The highest BCUT2D eigenvalue weighted by Gasteiger charge is 2.32. The third-order valence-electron chi connectivity index (χ3n) is 6.42. The van der Waals surface area contributed by atoms with Crippen molar-refractivity contribution in [3.8, 4) is 23.6 Å². The lowest BCUT2D eigenvalue weighted by atomic mass is 9.75. The fourth-order valence-electron chi connectivity index (χ4n) is 4.54. The number of dihydropyridines is 1. The Morgan fingerprint density at radius 1 is 1.24 bits per heavy atom. The van der Waals surface area contributed by atoms with Gasteiger partial charge < -0.3 is 10.4 Å². The molecule has 3 unspecified atom stereocenters. The van der Waals surface area contributed by atoms with Gasteiger partial charge in [-0.2, -0.15) is 0 Å². The maximum Gasteiger partial charge on any atom is 0.274 e. The fraction of sp³-hybridized carbons (Fsp3) is 0.296. The molecular formula is C27H25F2N3O2. The van der Waals surface area contributed by atoms with Crippen LogP contribution in [0.1, 0.15) is 41.7 Å². The molecule has 1 aromatic heterocycles. The smallest absolute Gasteiger partial charge is 0.274 e. The van der Waals surface area contributed by atoms with Crippen LogP contribution in [0.3, 0.4) is 0 Å². The number of allylic oxidation sites excluding steroid dienone is 1. The fourth-order valence-corrected chi connectivity index (χ4v) is 4.54. The minimum atomic E-state index is -0.736. The van der Waals surface area contributed by atoms with E-state index in [0.717, 1.165) is 18.1 Å². The van der Waals surface area contributed by atoms with Crippen LogP contribution in [-0.4, -0.2) is 34.9 Å². The lowest BCUT2D eigenvalue weighted by Crippen LogP contribution is -2.33. The van der Waals surface area contributed by atoms with E-state index in [1.807, 2.05) is 6.21 Å². The number of rotatable bonds is 5. The molecule has 0 radical (unpaired) electrons. The Balaban J connectivity index is 1.61. The summed E-state index contributed by atoms with van der Waals surface area (Å²) in [5, 5.41) is 13.0. The van der Waals surface area contributed by atoms with E-state index in [9.17, 15) is 18.7 Å². The zero-order chi connectivity index (χ0) is 24.2. The van der Waals surface area contributed by atoms with Gasteiger partial charge in [0.2, 0.25) is 0 Å². The maximum absolute atomic E-state index is 14.5. The molecule has 1 amide bonds. The molecule has 0 saturated heterocycles. The van der Waals surface area contributed by atoms with Crippen molar-refractivity contribution in [3.05, 3.63) is 71.1 Å². The van der Waals surface area contributed by atoms with Crippen molar-refractivity contribution in [2.24, 2.45) is 16.8 Å². The van der Waals surface area contributed by atoms with Crippen LogP contribution in [-0.2, 0) is 0 Å². The number of aliphatic hydroxyl groups excluding tert-OH is 1. The number of hydrogen-bond donors (Lipinski definition) is 2. The molecule has 1 aromatic carbocycles. The molecule has 0 bridgehead atoms. The minimum Gasteiger partial charge on any atom is -0.392 e. The van der Waals surface area contributed by atoms with Crippen molar-refractivity contribution in [1.82, 2.24) is 10.3 Å². The largest absolute Gasteiger partial charge is 0.392 e. The molecule has 0 spiro atoms. The van der Waals surface area contributed by atoms with Gasteiger partial charge in [-0.05, 0) is 60.6 Å². The summed E-state index contributed by atoms with van der Waals surface area (Å²) < 4.78 is 29.0. The summed E-state index contributed by atoms with van der Waals surface area (Å²) in [6, 6.07) is 6.53. The second kappa shape index (κ2) is 10.1. The van der Waals surface area contributed by atoms with E-state index in [-0.39, 0.29) is 28.8 Å². The Morgan fingerprint density at radius 3 is 2.79 bits per heavy atom. The van der Waals surface area contributed by atoms with Crippen LogP contribution in [0.15, 0.2) is 53.2 Å². The highest BCUT2D eigenvalue weighted by atomic mass is 19.1. The molecule has 34 heavy (non-hydrogen) atoms. The van der Waals surface area contributed by atoms with Gasteiger partial charge in [-0.1, -0.05) is 18.7 Å². The van der Waals surface area contributed by atoms with E-state index in [2.05, 4.69) is 27.8 Å². The second-order valence-corrected chi connectivity index (χ2v) is 8.51. The molecule has 3 atom stereocenters. The first-order chi connectivity index (χ1) is 16.4. The molecule has 1 aliphatic carbocycles. The molecule has 2 heterocycles. The van der Waals surface area contributed by atoms with E-state index >= 15 is 0 Å². The van der Waals surface area contributed by atoms with Crippen molar-refractivity contribution in [3.63, 3.8) is 0 Å². The number of nitrogens with zero attached hydrogens (tertiary/aromatic N) is 2. The highest BCUT2D eigenvalue weighted by molar-refractivity contribution is 5.94. The zero-order valence-electron chi connectivity index (χ0n) is 18.6. The SMILES string of the molecule is C#CC1CC(C2=C(NC(=O)c3ccc(F)c(-c4cc(C=C)ccc4F)n3)CN=CC2)CCC1O. The van der Waals surface area contributed by atoms with Gasteiger partial charge in [0, 0.05) is 29.8 Å². The molecule has 2 N–H and O–H groups in total. The Bertz CT molecular complexity index is 1230. The molecule has 2 aliphatic rings. The van der Waals surface area contributed by atoms with Crippen molar-refractivity contribution in [2.75, 3.05) is 6.54 Å². The normalized spacial score (nSPS) is 22.2. The number of pyridine rings is 1. The Labute approximate surface area is 197 Å². The number of carbonyl (C=O) groups excluding carboxylic acids is 1. The van der Waals surface area contributed by atoms with Gasteiger partial charge in [0.15, 0.2) is 0 Å². The Morgan fingerprint density at radius 2 is 2.03 bits per heavy atom. The maximum atomic E-state index is 14.5. The van der Waals surface area contributed by atoms with Gasteiger partial charge in [-0.25, -0.2) is 13.8 Å². The first-order valence-electron chi connectivity index (χ1n) is 11.2. The van der Waals surface area contributed by atoms with Crippen LogP contribution < -0.4 is 5.32 Å². The highest BCUT2D eigenvalue weighted by Crippen LogP contribution is 2.36. The predicted octanol–water partition coefficient (Wildman–Crippen LogP) is 4.54. The summed E-state index contributed by atoms with van der Waals surface area (Å²) in [5.74, 6) is 0.643. The number of halogens is 2. The van der Waals surface area contributed by atoms with Crippen LogP contribution in [0.25, 0.3) is 17.3 Å². The topological polar surface area (TPSA) is 74.6 Å². The summed E-state index contributed by atoms with van der Waals surface area (Å²) >= 11 is 0. The number of aromatic nitrogens is 1. The molecule has 1 saturated carbocycles. The van der Waals surface area contributed by atoms with Gasteiger partial charge in [-0.15, -0.1) is 12.3 Å². The van der Waals surface area contributed by atoms with E-state index in [0.29, 0.717) is 37.1 Å². The third-order valence-corrected chi connectivity index (χ3v) is 6.42. The summed E-state index contributed by atoms with van der Waals surface area (Å²) in [6.07, 6.45) is 11.0. The zero-order valence-corrected chi connectivity index (χ0v) is 18.6. The van der Waals surface area contributed by atoms with E-state index in [4.69, 9.17) is 6.42 Å². The average Bonchev–Trinajstić information content (AvgIpc) is 2.85. The molecule has 2 aromatic rings. The molecule has 4 rings (SSSR count). The predicted molar refractivity (Wildman–Crippen MR) is 128 cm³/mol. The number of carbonyl (C=O) groups is 1. The third kappa shape index (κ3) is 4.82. The van der Waals surface area contributed by atoms with Crippen molar-refractivity contribution < 1.29 is 18.7 Å².